The fraction of sp³-hybridized carbons (Fsp3) is 0.278. The Labute approximate surface area is 150 Å². The zero-order valence-corrected chi connectivity index (χ0v) is 15.1. The van der Waals surface area contributed by atoms with Crippen LogP contribution in [-0.4, -0.2) is 16.2 Å². The molecule has 3 rings (SSSR count). The first-order valence-corrected chi connectivity index (χ1v) is 8.92. The van der Waals surface area contributed by atoms with Gasteiger partial charge in [0.15, 0.2) is 5.82 Å². The van der Waals surface area contributed by atoms with Crippen LogP contribution in [0.15, 0.2) is 45.4 Å². The molecule has 0 radical (unpaired) electrons. The number of amides is 1. The highest BCUT2D eigenvalue weighted by molar-refractivity contribution is 7.99. The molecule has 1 amide bonds. The summed E-state index contributed by atoms with van der Waals surface area (Å²) in [5.41, 5.74) is 2.80. The molecule has 7 heteroatoms. The maximum Gasteiger partial charge on any atom is 0.243 e. The first kappa shape index (κ1) is 17.3. The second-order valence-electron chi connectivity index (χ2n) is 5.72. The third-order valence-electron chi connectivity index (χ3n) is 3.80. The van der Waals surface area contributed by atoms with Crippen molar-refractivity contribution in [2.24, 2.45) is 0 Å². The van der Waals surface area contributed by atoms with Crippen molar-refractivity contribution in [3.8, 4) is 0 Å². The molecule has 2 heterocycles. The summed E-state index contributed by atoms with van der Waals surface area (Å²) in [6, 6.07) is 11.4. The summed E-state index contributed by atoms with van der Waals surface area (Å²) in [5.74, 6) is 2.34. The molecule has 6 nitrogen and oxygen atoms in total. The summed E-state index contributed by atoms with van der Waals surface area (Å²) in [7, 11) is 0. The summed E-state index contributed by atoms with van der Waals surface area (Å²) in [5, 5.41) is 10.2. The molecule has 0 bridgehead atoms. The van der Waals surface area contributed by atoms with Gasteiger partial charge in [-0.1, -0.05) is 40.6 Å². The number of carbonyl (C=O) groups is 1. The largest absolute Gasteiger partial charge is 0.361 e. The number of carbonyl (C=O) groups excluding carboxylic acids is 1. The predicted molar refractivity (Wildman–Crippen MR) is 96.3 cm³/mol. The van der Waals surface area contributed by atoms with Crippen molar-refractivity contribution in [2.45, 2.75) is 31.8 Å². The average Bonchev–Trinajstić information content (AvgIpc) is 3.15. The van der Waals surface area contributed by atoms with Crippen molar-refractivity contribution in [3.05, 3.63) is 64.7 Å². The van der Waals surface area contributed by atoms with E-state index in [4.69, 9.17) is 9.05 Å². The number of thioether (sulfide) groups is 1. The van der Waals surface area contributed by atoms with Gasteiger partial charge in [-0.3, -0.25) is 4.79 Å². The molecule has 0 aliphatic carbocycles. The number of benzene rings is 1. The number of hydrogen-bond acceptors (Lipinski definition) is 6. The fourth-order valence-corrected chi connectivity index (χ4v) is 3.75. The summed E-state index contributed by atoms with van der Waals surface area (Å²) >= 11 is 1.52. The van der Waals surface area contributed by atoms with E-state index < -0.39 is 0 Å². The lowest BCUT2D eigenvalue weighted by Gasteiger charge is -2.16. The van der Waals surface area contributed by atoms with E-state index in [1.807, 2.05) is 44.2 Å². The normalized spacial score (nSPS) is 12.1. The molecule has 0 aliphatic heterocycles. The van der Waals surface area contributed by atoms with Crippen molar-refractivity contribution in [3.63, 3.8) is 0 Å². The molecular weight excluding hydrogens is 338 g/mol. The summed E-state index contributed by atoms with van der Waals surface area (Å²) in [4.78, 5) is 12.8. The lowest BCUT2D eigenvalue weighted by atomic mass is 10.1. The van der Waals surface area contributed by atoms with Gasteiger partial charge in [-0.15, -0.1) is 11.8 Å². The second-order valence-corrected chi connectivity index (χ2v) is 6.81. The van der Waals surface area contributed by atoms with Crippen LogP contribution in [0.25, 0.3) is 0 Å². The van der Waals surface area contributed by atoms with E-state index in [0.29, 0.717) is 17.3 Å². The number of nitrogens with zero attached hydrogens (tertiary/aromatic N) is 2. The lowest BCUT2D eigenvalue weighted by Crippen LogP contribution is -2.19. The Hall–Kier alpha value is -2.54. The maximum atomic E-state index is 12.8. The van der Waals surface area contributed by atoms with Crippen molar-refractivity contribution in [2.75, 3.05) is 5.32 Å². The smallest absolute Gasteiger partial charge is 0.243 e. The van der Waals surface area contributed by atoms with Gasteiger partial charge in [0.2, 0.25) is 5.91 Å². The average molecular weight is 357 g/mol. The van der Waals surface area contributed by atoms with Gasteiger partial charge >= 0.3 is 0 Å². The van der Waals surface area contributed by atoms with Crippen LogP contribution in [0, 0.1) is 20.8 Å². The molecule has 0 aliphatic rings. The van der Waals surface area contributed by atoms with Crippen LogP contribution in [0.1, 0.15) is 33.6 Å². The molecular formula is C18H19N3O3S. The van der Waals surface area contributed by atoms with Crippen LogP contribution >= 0.6 is 11.8 Å². The number of rotatable bonds is 6. The Bertz CT molecular complexity index is 838. The van der Waals surface area contributed by atoms with E-state index in [9.17, 15) is 4.79 Å². The summed E-state index contributed by atoms with van der Waals surface area (Å²) in [6.45, 7) is 5.57. The standard InChI is InChI=1S/C18H19N3O3S/c1-11-9-16(21-23-11)19-18(22)17(14-7-5-4-6-8-14)25-10-15-12(2)20-24-13(15)3/h4-9,17H,10H2,1-3H3,(H,19,21,22)/t17-/m1/s1. The molecule has 3 aromatic rings. The van der Waals surface area contributed by atoms with Gasteiger partial charge in [-0.25, -0.2) is 0 Å². The van der Waals surface area contributed by atoms with Gasteiger partial charge < -0.3 is 14.4 Å². The van der Waals surface area contributed by atoms with Crippen LogP contribution in [0.4, 0.5) is 5.82 Å². The van der Waals surface area contributed by atoms with Gasteiger partial charge in [0.25, 0.3) is 0 Å². The Morgan fingerprint density at radius 3 is 2.52 bits per heavy atom. The molecule has 0 saturated heterocycles. The first-order chi connectivity index (χ1) is 12.0. The lowest BCUT2D eigenvalue weighted by molar-refractivity contribution is -0.115. The zero-order valence-electron chi connectivity index (χ0n) is 14.3. The second kappa shape index (κ2) is 7.57. The Morgan fingerprint density at radius 1 is 1.16 bits per heavy atom. The van der Waals surface area contributed by atoms with Crippen LogP contribution in [0.2, 0.25) is 0 Å². The van der Waals surface area contributed by atoms with Crippen LogP contribution < -0.4 is 5.32 Å². The quantitative estimate of drug-likeness (QED) is 0.712. The molecule has 1 N–H and O–H groups in total. The number of hydrogen-bond donors (Lipinski definition) is 1. The minimum atomic E-state index is -0.382. The Balaban J connectivity index is 1.79. The number of nitrogens with one attached hydrogen (secondary N) is 1. The minimum Gasteiger partial charge on any atom is -0.361 e. The van der Waals surface area contributed by atoms with E-state index in [1.165, 1.54) is 11.8 Å². The van der Waals surface area contributed by atoms with Crippen molar-refractivity contribution < 1.29 is 13.8 Å². The van der Waals surface area contributed by atoms with Crippen molar-refractivity contribution >= 4 is 23.5 Å². The molecule has 25 heavy (non-hydrogen) atoms. The monoisotopic (exact) mass is 357 g/mol. The molecule has 130 valence electrons. The molecule has 1 aromatic carbocycles. The van der Waals surface area contributed by atoms with E-state index >= 15 is 0 Å². The maximum absolute atomic E-state index is 12.8. The summed E-state index contributed by atoms with van der Waals surface area (Å²) in [6.07, 6.45) is 0. The number of anilines is 1. The Kier molecular flexibility index (Phi) is 5.23. The van der Waals surface area contributed by atoms with Crippen LogP contribution in [-0.2, 0) is 10.5 Å². The van der Waals surface area contributed by atoms with Gasteiger partial charge in [0, 0.05) is 17.4 Å². The highest BCUT2D eigenvalue weighted by atomic mass is 32.2. The predicted octanol–water partition coefficient (Wildman–Crippen LogP) is 4.20. The van der Waals surface area contributed by atoms with Gasteiger partial charge in [0.05, 0.1) is 5.69 Å². The topological polar surface area (TPSA) is 81.2 Å². The van der Waals surface area contributed by atoms with Crippen LogP contribution in [0.5, 0.6) is 0 Å². The van der Waals surface area contributed by atoms with E-state index in [2.05, 4.69) is 15.6 Å². The minimum absolute atomic E-state index is 0.142. The van der Waals surface area contributed by atoms with Gasteiger partial charge in [0.1, 0.15) is 16.8 Å². The van der Waals surface area contributed by atoms with Crippen molar-refractivity contribution in [1.29, 1.82) is 0 Å². The summed E-state index contributed by atoms with van der Waals surface area (Å²) < 4.78 is 10.2. The zero-order chi connectivity index (χ0) is 17.8. The SMILES string of the molecule is Cc1cc(NC(=O)[C@H](SCc2c(C)noc2C)c2ccccc2)no1. The van der Waals surface area contributed by atoms with Crippen LogP contribution in [0.3, 0.4) is 0 Å². The fourth-order valence-electron chi connectivity index (χ4n) is 2.44. The van der Waals surface area contributed by atoms with Crippen molar-refractivity contribution in [1.82, 2.24) is 10.3 Å². The molecule has 1 atom stereocenters. The third-order valence-corrected chi connectivity index (χ3v) is 5.07. The Morgan fingerprint density at radius 2 is 1.92 bits per heavy atom. The molecule has 0 spiro atoms. The highest BCUT2D eigenvalue weighted by Gasteiger charge is 2.23. The molecule has 2 aromatic heterocycles. The number of aryl methyl sites for hydroxylation is 3. The van der Waals surface area contributed by atoms with Gasteiger partial charge in [-0.2, -0.15) is 0 Å². The van der Waals surface area contributed by atoms with E-state index in [1.54, 1.807) is 13.0 Å². The van der Waals surface area contributed by atoms with Gasteiger partial charge in [-0.05, 0) is 26.3 Å². The van der Waals surface area contributed by atoms with E-state index in [0.717, 1.165) is 22.6 Å². The molecule has 0 saturated carbocycles. The first-order valence-electron chi connectivity index (χ1n) is 7.87. The highest BCUT2D eigenvalue weighted by Crippen LogP contribution is 2.34. The molecule has 0 unspecified atom stereocenters. The number of aromatic nitrogens is 2. The molecule has 0 fully saturated rings. The third kappa shape index (κ3) is 4.11. The van der Waals surface area contributed by atoms with E-state index in [-0.39, 0.29) is 11.2 Å².